The second kappa shape index (κ2) is 5.37. The molecule has 0 saturated heterocycles. The monoisotopic (exact) mass is 302 g/mol. The minimum Gasteiger partial charge on any atom is -0.478 e. The molecule has 5 heteroatoms. The number of pyridine rings is 1. The molecule has 0 aliphatic carbocycles. The fourth-order valence-corrected chi connectivity index (χ4v) is 2.91. The van der Waals surface area contributed by atoms with Crippen molar-refractivity contribution in [2.24, 2.45) is 0 Å². The van der Waals surface area contributed by atoms with Crippen molar-refractivity contribution in [3.8, 4) is 0 Å². The number of benzene rings is 1. The molecule has 21 heavy (non-hydrogen) atoms. The number of hydrogen-bond donors (Lipinski definition) is 1. The van der Waals surface area contributed by atoms with Gasteiger partial charge in [-0.1, -0.05) is 29.3 Å². The standard InChI is InChI=1S/C16H15ClN2O2/c1-10-4-5-13-11(7-10)3-2-6-19(13)15-9-12(16(20)21)8-14(17)18-15/h4-5,7-9H,2-3,6H2,1H3,(H,20,21). The van der Waals surface area contributed by atoms with Crippen LogP contribution in [0.1, 0.15) is 27.9 Å². The number of fused-ring (bicyclic) bond motifs is 1. The molecule has 0 fully saturated rings. The van der Waals surface area contributed by atoms with Crippen LogP contribution >= 0.6 is 11.6 Å². The number of halogens is 1. The van der Waals surface area contributed by atoms with Crippen LogP contribution in [0.25, 0.3) is 0 Å². The largest absolute Gasteiger partial charge is 0.478 e. The number of carbonyl (C=O) groups is 1. The SMILES string of the molecule is Cc1ccc2c(c1)CCCN2c1cc(C(=O)O)cc(Cl)n1. The van der Waals surface area contributed by atoms with Gasteiger partial charge in [-0.3, -0.25) is 0 Å². The fraction of sp³-hybridized carbons (Fsp3) is 0.250. The van der Waals surface area contributed by atoms with Gasteiger partial charge < -0.3 is 10.0 Å². The smallest absolute Gasteiger partial charge is 0.335 e. The Kier molecular flexibility index (Phi) is 3.55. The third kappa shape index (κ3) is 2.72. The fourth-order valence-electron chi connectivity index (χ4n) is 2.71. The van der Waals surface area contributed by atoms with Crippen LogP contribution in [0.2, 0.25) is 5.15 Å². The number of hydrogen-bond acceptors (Lipinski definition) is 3. The first-order valence-corrected chi connectivity index (χ1v) is 7.20. The third-order valence-electron chi connectivity index (χ3n) is 3.66. The number of rotatable bonds is 2. The zero-order valence-corrected chi connectivity index (χ0v) is 12.4. The van der Waals surface area contributed by atoms with Gasteiger partial charge in [0.05, 0.1) is 5.56 Å². The van der Waals surface area contributed by atoms with Crippen molar-refractivity contribution < 1.29 is 9.90 Å². The van der Waals surface area contributed by atoms with Crippen molar-refractivity contribution in [3.63, 3.8) is 0 Å². The summed E-state index contributed by atoms with van der Waals surface area (Å²) in [5.41, 5.74) is 3.72. The second-order valence-corrected chi connectivity index (χ2v) is 5.62. The third-order valence-corrected chi connectivity index (χ3v) is 3.85. The predicted octanol–water partition coefficient (Wildman–Crippen LogP) is 3.83. The molecule has 1 aliphatic rings. The van der Waals surface area contributed by atoms with Gasteiger partial charge in [-0.25, -0.2) is 9.78 Å². The predicted molar refractivity (Wildman–Crippen MR) is 82.7 cm³/mol. The quantitative estimate of drug-likeness (QED) is 0.857. The van der Waals surface area contributed by atoms with E-state index in [1.54, 1.807) is 6.07 Å². The molecular formula is C16H15ClN2O2. The van der Waals surface area contributed by atoms with Crippen molar-refractivity contribution in [2.75, 3.05) is 11.4 Å². The lowest BCUT2D eigenvalue weighted by Crippen LogP contribution is -2.25. The summed E-state index contributed by atoms with van der Waals surface area (Å²) < 4.78 is 0. The summed E-state index contributed by atoms with van der Waals surface area (Å²) in [6.07, 6.45) is 2.03. The topological polar surface area (TPSA) is 53.4 Å². The summed E-state index contributed by atoms with van der Waals surface area (Å²) in [5, 5.41) is 9.36. The number of nitrogens with zero attached hydrogens (tertiary/aromatic N) is 2. The summed E-state index contributed by atoms with van der Waals surface area (Å²) in [7, 11) is 0. The first-order chi connectivity index (χ1) is 10.0. The Morgan fingerprint density at radius 2 is 2.14 bits per heavy atom. The summed E-state index contributed by atoms with van der Waals surface area (Å²) >= 11 is 5.96. The molecule has 2 aromatic rings. The molecule has 0 saturated carbocycles. The van der Waals surface area contributed by atoms with E-state index in [2.05, 4.69) is 30.1 Å². The molecule has 3 rings (SSSR count). The molecule has 1 aliphatic heterocycles. The van der Waals surface area contributed by atoms with Crippen LogP contribution in [0.15, 0.2) is 30.3 Å². The minimum absolute atomic E-state index is 0.157. The molecule has 0 unspecified atom stereocenters. The van der Waals surface area contributed by atoms with E-state index in [0.717, 1.165) is 25.1 Å². The van der Waals surface area contributed by atoms with Crippen LogP contribution in [0.3, 0.4) is 0 Å². The number of carboxylic acids is 1. The van der Waals surface area contributed by atoms with E-state index in [1.807, 2.05) is 4.90 Å². The summed E-state index contributed by atoms with van der Waals surface area (Å²) in [6, 6.07) is 9.23. The highest BCUT2D eigenvalue weighted by Crippen LogP contribution is 2.34. The van der Waals surface area contributed by atoms with Gasteiger partial charge in [0.15, 0.2) is 0 Å². The average Bonchev–Trinajstić information content (AvgIpc) is 2.45. The van der Waals surface area contributed by atoms with Crippen LogP contribution in [0, 0.1) is 6.92 Å². The molecule has 0 amide bonds. The van der Waals surface area contributed by atoms with Gasteiger partial charge in [0, 0.05) is 12.2 Å². The Labute approximate surface area is 128 Å². The molecule has 108 valence electrons. The highest BCUT2D eigenvalue weighted by Gasteiger charge is 2.20. The lowest BCUT2D eigenvalue weighted by Gasteiger charge is -2.31. The summed E-state index contributed by atoms with van der Waals surface area (Å²) in [6.45, 7) is 2.88. The number of aryl methyl sites for hydroxylation is 2. The number of aromatic carboxylic acids is 1. The van der Waals surface area contributed by atoms with Crippen LogP contribution in [0.5, 0.6) is 0 Å². The van der Waals surface area contributed by atoms with E-state index in [0.29, 0.717) is 5.82 Å². The number of anilines is 2. The molecule has 0 atom stereocenters. The number of aromatic nitrogens is 1. The van der Waals surface area contributed by atoms with Gasteiger partial charge in [-0.2, -0.15) is 0 Å². The molecule has 0 radical (unpaired) electrons. The first kappa shape index (κ1) is 13.9. The van der Waals surface area contributed by atoms with E-state index in [-0.39, 0.29) is 10.7 Å². The molecule has 1 aromatic carbocycles. The van der Waals surface area contributed by atoms with Crippen molar-refractivity contribution in [3.05, 3.63) is 52.2 Å². The zero-order chi connectivity index (χ0) is 15.0. The van der Waals surface area contributed by atoms with Gasteiger partial charge in [-0.15, -0.1) is 0 Å². The molecule has 2 heterocycles. The van der Waals surface area contributed by atoms with Crippen LogP contribution in [-0.2, 0) is 6.42 Å². The van der Waals surface area contributed by atoms with Gasteiger partial charge in [0.1, 0.15) is 11.0 Å². The van der Waals surface area contributed by atoms with Crippen LogP contribution in [0.4, 0.5) is 11.5 Å². The maximum atomic E-state index is 11.2. The van der Waals surface area contributed by atoms with Gasteiger partial charge >= 0.3 is 5.97 Å². The van der Waals surface area contributed by atoms with E-state index in [1.165, 1.54) is 17.2 Å². The van der Waals surface area contributed by atoms with Gasteiger partial charge in [0.2, 0.25) is 0 Å². The Hall–Kier alpha value is -2.07. The maximum Gasteiger partial charge on any atom is 0.335 e. The Morgan fingerprint density at radius 3 is 2.90 bits per heavy atom. The minimum atomic E-state index is -0.998. The van der Waals surface area contributed by atoms with Gasteiger partial charge in [0.25, 0.3) is 0 Å². The lowest BCUT2D eigenvalue weighted by atomic mass is 9.99. The molecule has 1 aromatic heterocycles. The molecule has 4 nitrogen and oxygen atoms in total. The summed E-state index contributed by atoms with van der Waals surface area (Å²) in [5.74, 6) is -0.411. The lowest BCUT2D eigenvalue weighted by molar-refractivity contribution is 0.0697. The van der Waals surface area contributed by atoms with Crippen molar-refractivity contribution in [2.45, 2.75) is 19.8 Å². The van der Waals surface area contributed by atoms with Crippen molar-refractivity contribution in [1.29, 1.82) is 0 Å². The highest BCUT2D eigenvalue weighted by atomic mass is 35.5. The summed E-state index contributed by atoms with van der Waals surface area (Å²) in [4.78, 5) is 17.5. The van der Waals surface area contributed by atoms with E-state index >= 15 is 0 Å². The molecule has 0 bridgehead atoms. The average molecular weight is 303 g/mol. The van der Waals surface area contributed by atoms with E-state index in [9.17, 15) is 4.79 Å². The van der Waals surface area contributed by atoms with Gasteiger partial charge in [-0.05, 0) is 43.5 Å². The zero-order valence-electron chi connectivity index (χ0n) is 11.6. The number of carboxylic acid groups (broad SMARTS) is 1. The normalized spacial score (nSPS) is 13.9. The van der Waals surface area contributed by atoms with Crippen molar-refractivity contribution in [1.82, 2.24) is 4.98 Å². The highest BCUT2D eigenvalue weighted by molar-refractivity contribution is 6.29. The van der Waals surface area contributed by atoms with Crippen LogP contribution < -0.4 is 4.90 Å². The van der Waals surface area contributed by atoms with Crippen molar-refractivity contribution >= 4 is 29.1 Å². The molecule has 1 N–H and O–H groups in total. The van der Waals surface area contributed by atoms with Crippen LogP contribution in [-0.4, -0.2) is 22.6 Å². The molecular weight excluding hydrogens is 288 g/mol. The Morgan fingerprint density at radius 1 is 1.33 bits per heavy atom. The maximum absolute atomic E-state index is 11.2. The van der Waals surface area contributed by atoms with E-state index in [4.69, 9.17) is 16.7 Å². The molecule has 0 spiro atoms. The Balaban J connectivity index is 2.08. The van der Waals surface area contributed by atoms with E-state index < -0.39 is 5.97 Å². The second-order valence-electron chi connectivity index (χ2n) is 5.23. The first-order valence-electron chi connectivity index (χ1n) is 6.82. The Bertz CT molecular complexity index is 715.